The van der Waals surface area contributed by atoms with Crippen molar-refractivity contribution in [3.05, 3.63) is 63.7 Å². The highest BCUT2D eigenvalue weighted by Gasteiger charge is 2.14. The van der Waals surface area contributed by atoms with Gasteiger partial charge in [-0.15, -0.1) is 0 Å². The first-order chi connectivity index (χ1) is 12.3. The Hall–Kier alpha value is -3.20. The maximum atomic E-state index is 11.8. The molecule has 0 heterocycles. The lowest BCUT2D eigenvalue weighted by Crippen LogP contribution is -2.45. The van der Waals surface area contributed by atoms with Crippen LogP contribution in [-0.4, -0.2) is 22.5 Å². The highest BCUT2D eigenvalue weighted by molar-refractivity contribution is 7.80. The number of nitro groups is 1. The molecule has 0 aliphatic carbocycles. The van der Waals surface area contributed by atoms with Crippen molar-refractivity contribution in [2.24, 2.45) is 0 Å². The van der Waals surface area contributed by atoms with Gasteiger partial charge < -0.3 is 10.1 Å². The molecule has 0 aliphatic rings. The van der Waals surface area contributed by atoms with Crippen molar-refractivity contribution in [2.45, 2.75) is 13.8 Å². The van der Waals surface area contributed by atoms with Gasteiger partial charge in [-0.05, 0) is 55.4 Å². The maximum absolute atomic E-state index is 11.8. The van der Waals surface area contributed by atoms with Gasteiger partial charge in [0, 0.05) is 11.8 Å². The predicted molar refractivity (Wildman–Crippen MR) is 102 cm³/mol. The summed E-state index contributed by atoms with van der Waals surface area (Å²) in [6.07, 6.45) is 0. The molecule has 2 rings (SSSR count). The van der Waals surface area contributed by atoms with Gasteiger partial charge in [0.2, 0.25) is 0 Å². The third-order valence-corrected chi connectivity index (χ3v) is 3.42. The number of hydrazine groups is 1. The normalized spacial score (nSPS) is 9.92. The zero-order valence-corrected chi connectivity index (χ0v) is 15.1. The van der Waals surface area contributed by atoms with Crippen molar-refractivity contribution in [1.82, 2.24) is 10.9 Å². The van der Waals surface area contributed by atoms with Gasteiger partial charge in [-0.2, -0.15) is 0 Å². The number of thiocarbonyl (C=S) groups is 1. The van der Waals surface area contributed by atoms with Crippen LogP contribution in [0.15, 0.2) is 42.5 Å². The van der Waals surface area contributed by atoms with Gasteiger partial charge in [-0.25, -0.2) is 0 Å². The Labute approximate surface area is 155 Å². The van der Waals surface area contributed by atoms with Crippen molar-refractivity contribution in [3.63, 3.8) is 0 Å². The lowest BCUT2D eigenvalue weighted by molar-refractivity contribution is -0.385. The Morgan fingerprint density at radius 1 is 1.15 bits per heavy atom. The molecule has 8 nitrogen and oxygen atoms in total. The predicted octanol–water partition coefficient (Wildman–Crippen LogP) is 2.61. The van der Waals surface area contributed by atoms with E-state index in [0.717, 1.165) is 16.8 Å². The molecule has 2 aromatic carbocycles. The number of para-hydroxylation sites is 2. The Balaban J connectivity index is 1.81. The number of nitrogens with zero attached hydrogens (tertiary/aromatic N) is 1. The average Bonchev–Trinajstić information content (AvgIpc) is 2.57. The van der Waals surface area contributed by atoms with Crippen LogP contribution >= 0.6 is 12.2 Å². The summed E-state index contributed by atoms with van der Waals surface area (Å²) in [5, 5.41) is 14.0. The first-order valence-electron chi connectivity index (χ1n) is 7.65. The lowest BCUT2D eigenvalue weighted by Gasteiger charge is -2.13. The molecule has 0 bridgehead atoms. The van der Waals surface area contributed by atoms with Crippen LogP contribution in [0.4, 0.5) is 11.4 Å². The number of amides is 1. The molecule has 2 aromatic rings. The van der Waals surface area contributed by atoms with E-state index in [2.05, 4.69) is 16.2 Å². The molecule has 0 fully saturated rings. The van der Waals surface area contributed by atoms with E-state index in [0.29, 0.717) is 0 Å². The molecule has 9 heteroatoms. The van der Waals surface area contributed by atoms with E-state index in [1.165, 1.54) is 18.2 Å². The molecule has 0 atom stereocenters. The summed E-state index contributed by atoms with van der Waals surface area (Å²) in [5.74, 6) is -0.517. The molecule has 0 aliphatic heterocycles. The fourth-order valence-corrected chi connectivity index (χ4v) is 2.41. The number of hydrogen-bond acceptors (Lipinski definition) is 5. The van der Waals surface area contributed by atoms with Crippen LogP contribution in [0.5, 0.6) is 5.75 Å². The molecular weight excluding hydrogens is 356 g/mol. The first-order valence-corrected chi connectivity index (χ1v) is 8.06. The van der Waals surface area contributed by atoms with Gasteiger partial charge in [-0.1, -0.05) is 18.2 Å². The number of ether oxygens (including phenoxy) is 1. The highest BCUT2D eigenvalue weighted by Crippen LogP contribution is 2.25. The van der Waals surface area contributed by atoms with Crippen LogP contribution in [0.2, 0.25) is 0 Å². The van der Waals surface area contributed by atoms with Crippen LogP contribution in [0.25, 0.3) is 0 Å². The van der Waals surface area contributed by atoms with Crippen LogP contribution in [0.1, 0.15) is 11.1 Å². The number of aryl methyl sites for hydroxylation is 2. The summed E-state index contributed by atoms with van der Waals surface area (Å²) in [6.45, 7) is 3.54. The number of nitro benzene ring substituents is 1. The number of benzene rings is 2. The standard InChI is InChI=1S/C17H18N4O4S/c1-11-7-12(2)9-13(8-11)18-17(26)20-19-16(22)10-25-15-6-4-3-5-14(15)21(23)24/h3-9H,10H2,1-2H3,(H,19,22)(H2,18,20,26). The summed E-state index contributed by atoms with van der Waals surface area (Å²) in [6, 6.07) is 11.7. The molecule has 0 unspecified atom stereocenters. The minimum Gasteiger partial charge on any atom is -0.477 e. The Kier molecular flexibility index (Phi) is 6.45. The number of hydrogen-bond donors (Lipinski definition) is 3. The number of carbonyl (C=O) groups is 1. The van der Waals surface area contributed by atoms with Crippen molar-refractivity contribution in [3.8, 4) is 5.75 Å². The molecular formula is C17H18N4O4S. The van der Waals surface area contributed by atoms with E-state index in [-0.39, 0.29) is 16.5 Å². The molecule has 0 saturated carbocycles. The SMILES string of the molecule is Cc1cc(C)cc(NC(=S)NNC(=O)COc2ccccc2[N+](=O)[O-])c1. The van der Waals surface area contributed by atoms with E-state index < -0.39 is 17.4 Å². The summed E-state index contributed by atoms with van der Waals surface area (Å²) >= 11 is 5.11. The van der Waals surface area contributed by atoms with E-state index in [1.807, 2.05) is 32.0 Å². The van der Waals surface area contributed by atoms with E-state index in [4.69, 9.17) is 17.0 Å². The Morgan fingerprint density at radius 2 is 1.81 bits per heavy atom. The van der Waals surface area contributed by atoms with E-state index >= 15 is 0 Å². The minimum absolute atomic E-state index is 0.0172. The van der Waals surface area contributed by atoms with Gasteiger partial charge >= 0.3 is 5.69 Å². The summed E-state index contributed by atoms with van der Waals surface area (Å²) in [4.78, 5) is 22.1. The molecule has 0 aromatic heterocycles. The molecule has 0 spiro atoms. The lowest BCUT2D eigenvalue weighted by atomic mass is 10.1. The number of rotatable bonds is 5. The molecule has 3 N–H and O–H groups in total. The van der Waals surface area contributed by atoms with Crippen LogP contribution in [0.3, 0.4) is 0 Å². The second kappa shape index (κ2) is 8.77. The second-order valence-electron chi connectivity index (χ2n) is 5.52. The Morgan fingerprint density at radius 3 is 2.46 bits per heavy atom. The summed E-state index contributed by atoms with van der Waals surface area (Å²) < 4.78 is 5.18. The smallest absolute Gasteiger partial charge is 0.310 e. The van der Waals surface area contributed by atoms with Crippen molar-refractivity contribution < 1.29 is 14.5 Å². The fourth-order valence-electron chi connectivity index (χ4n) is 2.25. The zero-order chi connectivity index (χ0) is 19.1. The van der Waals surface area contributed by atoms with Crippen LogP contribution < -0.4 is 20.9 Å². The maximum Gasteiger partial charge on any atom is 0.310 e. The third-order valence-electron chi connectivity index (χ3n) is 3.22. The number of nitrogens with one attached hydrogen (secondary N) is 3. The van der Waals surface area contributed by atoms with E-state index in [9.17, 15) is 14.9 Å². The van der Waals surface area contributed by atoms with Crippen molar-refractivity contribution in [1.29, 1.82) is 0 Å². The highest BCUT2D eigenvalue weighted by atomic mass is 32.1. The van der Waals surface area contributed by atoms with Gasteiger partial charge in [0.25, 0.3) is 5.91 Å². The van der Waals surface area contributed by atoms with Crippen LogP contribution in [-0.2, 0) is 4.79 Å². The number of carbonyl (C=O) groups excluding carboxylic acids is 1. The Bertz CT molecular complexity index is 821. The van der Waals surface area contributed by atoms with Crippen LogP contribution in [0, 0.1) is 24.0 Å². The van der Waals surface area contributed by atoms with Gasteiger partial charge in [-0.3, -0.25) is 25.8 Å². The van der Waals surface area contributed by atoms with Gasteiger partial charge in [0.05, 0.1) is 4.92 Å². The quantitative estimate of drug-likeness (QED) is 0.420. The molecule has 0 radical (unpaired) electrons. The monoisotopic (exact) mass is 374 g/mol. The summed E-state index contributed by atoms with van der Waals surface area (Å²) in [5.41, 5.74) is 7.66. The molecule has 1 amide bonds. The third kappa shape index (κ3) is 5.71. The zero-order valence-electron chi connectivity index (χ0n) is 14.2. The second-order valence-corrected chi connectivity index (χ2v) is 5.93. The van der Waals surface area contributed by atoms with Crippen molar-refractivity contribution in [2.75, 3.05) is 11.9 Å². The molecule has 0 saturated heterocycles. The summed E-state index contributed by atoms with van der Waals surface area (Å²) in [7, 11) is 0. The average molecular weight is 374 g/mol. The van der Waals surface area contributed by atoms with Gasteiger partial charge in [0.15, 0.2) is 17.5 Å². The molecule has 26 heavy (non-hydrogen) atoms. The largest absolute Gasteiger partial charge is 0.477 e. The number of anilines is 1. The van der Waals surface area contributed by atoms with Gasteiger partial charge in [0.1, 0.15) is 0 Å². The fraction of sp³-hybridized carbons (Fsp3) is 0.176. The minimum atomic E-state index is -0.575. The first kappa shape index (κ1) is 19.1. The topological polar surface area (TPSA) is 106 Å². The van der Waals surface area contributed by atoms with E-state index in [1.54, 1.807) is 6.07 Å². The van der Waals surface area contributed by atoms with Crippen molar-refractivity contribution >= 4 is 34.6 Å². The molecule has 136 valence electrons.